The van der Waals surface area contributed by atoms with Gasteiger partial charge in [0.1, 0.15) is 0 Å². The SMILES string of the molecule is CCC(N)(Cc1c(Br)c(C)nn1C)c1ccccc1. The number of aromatic nitrogens is 2. The molecule has 4 heteroatoms. The van der Waals surface area contributed by atoms with Gasteiger partial charge in [-0.1, -0.05) is 37.3 Å². The van der Waals surface area contributed by atoms with Gasteiger partial charge in [-0.3, -0.25) is 4.68 Å². The minimum absolute atomic E-state index is 0.357. The minimum atomic E-state index is -0.357. The summed E-state index contributed by atoms with van der Waals surface area (Å²) in [5, 5.41) is 4.44. The standard InChI is InChI=1S/C15H20BrN3/c1-4-15(17,12-8-6-5-7-9-12)10-13-14(16)11(2)18-19(13)3/h5-9H,4,10,17H2,1-3H3. The molecule has 102 valence electrons. The molecule has 0 spiro atoms. The number of hydrogen-bond acceptors (Lipinski definition) is 2. The first kappa shape index (κ1) is 14.3. The molecule has 0 bridgehead atoms. The first-order chi connectivity index (χ1) is 8.98. The lowest BCUT2D eigenvalue weighted by molar-refractivity contribution is 0.411. The van der Waals surface area contributed by atoms with Crippen LogP contribution in [0.1, 0.15) is 30.3 Å². The van der Waals surface area contributed by atoms with Crippen molar-refractivity contribution in [2.75, 3.05) is 0 Å². The van der Waals surface area contributed by atoms with Crippen molar-refractivity contribution >= 4 is 15.9 Å². The van der Waals surface area contributed by atoms with Gasteiger partial charge in [-0.05, 0) is 34.8 Å². The fraction of sp³-hybridized carbons (Fsp3) is 0.400. The van der Waals surface area contributed by atoms with Gasteiger partial charge < -0.3 is 5.73 Å². The van der Waals surface area contributed by atoms with Crippen molar-refractivity contribution in [1.82, 2.24) is 9.78 Å². The van der Waals surface area contributed by atoms with E-state index in [1.165, 1.54) is 5.56 Å². The van der Waals surface area contributed by atoms with Crippen molar-refractivity contribution in [2.45, 2.75) is 32.2 Å². The Kier molecular flexibility index (Phi) is 4.11. The molecule has 0 fully saturated rings. The molecule has 1 aromatic heterocycles. The zero-order valence-corrected chi connectivity index (χ0v) is 13.2. The van der Waals surface area contributed by atoms with Gasteiger partial charge in [0, 0.05) is 19.0 Å². The van der Waals surface area contributed by atoms with Gasteiger partial charge in [0.05, 0.1) is 15.9 Å². The molecule has 1 aromatic carbocycles. The third-order valence-corrected chi connectivity index (χ3v) is 4.76. The topological polar surface area (TPSA) is 43.8 Å². The molecule has 0 saturated carbocycles. The molecule has 2 N–H and O–H groups in total. The predicted molar refractivity (Wildman–Crippen MR) is 81.9 cm³/mol. The molecule has 19 heavy (non-hydrogen) atoms. The highest BCUT2D eigenvalue weighted by atomic mass is 79.9. The summed E-state index contributed by atoms with van der Waals surface area (Å²) in [5.74, 6) is 0. The van der Waals surface area contributed by atoms with E-state index in [1.54, 1.807) is 0 Å². The molecule has 0 amide bonds. The van der Waals surface area contributed by atoms with Gasteiger partial charge >= 0.3 is 0 Å². The van der Waals surface area contributed by atoms with Gasteiger partial charge in [0.25, 0.3) is 0 Å². The molecule has 0 aliphatic rings. The second-order valence-electron chi connectivity index (χ2n) is 5.02. The molecule has 0 radical (unpaired) electrons. The number of halogens is 1. The molecule has 0 aliphatic carbocycles. The second kappa shape index (κ2) is 5.47. The van der Waals surface area contributed by atoms with Crippen LogP contribution < -0.4 is 5.73 Å². The largest absolute Gasteiger partial charge is 0.321 e. The first-order valence-corrected chi connectivity index (χ1v) is 7.29. The van der Waals surface area contributed by atoms with E-state index in [4.69, 9.17) is 5.73 Å². The van der Waals surface area contributed by atoms with Gasteiger partial charge in [-0.2, -0.15) is 5.10 Å². The zero-order valence-electron chi connectivity index (χ0n) is 11.7. The Hall–Kier alpha value is -1.13. The van der Waals surface area contributed by atoms with E-state index >= 15 is 0 Å². The Bertz CT molecular complexity index is 562. The van der Waals surface area contributed by atoms with Crippen LogP contribution in [0.25, 0.3) is 0 Å². The van der Waals surface area contributed by atoms with Crippen LogP contribution in [0.15, 0.2) is 34.8 Å². The Morgan fingerprint density at radius 1 is 1.32 bits per heavy atom. The van der Waals surface area contributed by atoms with Crippen LogP contribution in [0, 0.1) is 6.92 Å². The summed E-state index contributed by atoms with van der Waals surface area (Å²) in [5.41, 5.74) is 9.60. The Balaban J connectivity index is 2.39. The van der Waals surface area contributed by atoms with E-state index in [1.807, 2.05) is 36.9 Å². The van der Waals surface area contributed by atoms with Gasteiger partial charge in [-0.15, -0.1) is 0 Å². The number of aryl methyl sites for hydroxylation is 2. The molecule has 3 nitrogen and oxygen atoms in total. The van der Waals surface area contributed by atoms with Crippen LogP contribution in [0.3, 0.4) is 0 Å². The van der Waals surface area contributed by atoms with E-state index in [0.717, 1.165) is 28.7 Å². The lowest BCUT2D eigenvalue weighted by Crippen LogP contribution is -2.39. The minimum Gasteiger partial charge on any atom is -0.321 e. The van der Waals surface area contributed by atoms with Crippen molar-refractivity contribution in [3.63, 3.8) is 0 Å². The van der Waals surface area contributed by atoms with E-state index in [-0.39, 0.29) is 5.54 Å². The summed E-state index contributed by atoms with van der Waals surface area (Å²) in [6, 6.07) is 10.3. The molecule has 2 rings (SSSR count). The lowest BCUT2D eigenvalue weighted by atomic mass is 9.84. The molecule has 1 heterocycles. The molecule has 2 aromatic rings. The summed E-state index contributed by atoms with van der Waals surface area (Å²) in [4.78, 5) is 0. The number of rotatable bonds is 4. The highest BCUT2D eigenvalue weighted by Gasteiger charge is 2.28. The van der Waals surface area contributed by atoms with E-state index in [9.17, 15) is 0 Å². The monoisotopic (exact) mass is 321 g/mol. The fourth-order valence-corrected chi connectivity index (χ4v) is 2.85. The highest BCUT2D eigenvalue weighted by molar-refractivity contribution is 9.10. The average molecular weight is 322 g/mol. The Morgan fingerprint density at radius 3 is 2.42 bits per heavy atom. The number of nitrogens with two attached hydrogens (primary N) is 1. The molecule has 0 saturated heterocycles. The van der Waals surface area contributed by atoms with Crippen molar-refractivity contribution in [1.29, 1.82) is 0 Å². The number of hydrogen-bond donors (Lipinski definition) is 1. The van der Waals surface area contributed by atoms with E-state index in [0.29, 0.717) is 0 Å². The average Bonchev–Trinajstić information content (AvgIpc) is 2.66. The van der Waals surface area contributed by atoms with Crippen LogP contribution in [0.5, 0.6) is 0 Å². The summed E-state index contributed by atoms with van der Waals surface area (Å²) >= 11 is 3.62. The number of nitrogens with zero attached hydrogens (tertiary/aromatic N) is 2. The summed E-state index contributed by atoms with van der Waals surface area (Å²) < 4.78 is 2.98. The van der Waals surface area contributed by atoms with Crippen molar-refractivity contribution in [3.05, 3.63) is 51.8 Å². The van der Waals surface area contributed by atoms with Crippen molar-refractivity contribution in [3.8, 4) is 0 Å². The van der Waals surface area contributed by atoms with Crippen molar-refractivity contribution in [2.24, 2.45) is 12.8 Å². The first-order valence-electron chi connectivity index (χ1n) is 6.50. The second-order valence-corrected chi connectivity index (χ2v) is 5.82. The quantitative estimate of drug-likeness (QED) is 0.939. The maximum absolute atomic E-state index is 6.64. The molecule has 0 aliphatic heterocycles. The maximum atomic E-state index is 6.64. The zero-order chi connectivity index (χ0) is 14.0. The van der Waals surface area contributed by atoms with Gasteiger partial charge in [-0.25, -0.2) is 0 Å². The molecule has 1 unspecified atom stereocenters. The Labute approximate surface area is 122 Å². The summed E-state index contributed by atoms with van der Waals surface area (Å²) in [6.07, 6.45) is 1.65. The third kappa shape index (κ3) is 2.74. The number of benzene rings is 1. The highest BCUT2D eigenvalue weighted by Crippen LogP contribution is 2.30. The summed E-state index contributed by atoms with van der Waals surface area (Å²) in [6.45, 7) is 4.13. The molecular weight excluding hydrogens is 302 g/mol. The lowest BCUT2D eigenvalue weighted by Gasteiger charge is -2.29. The van der Waals surface area contributed by atoms with Gasteiger partial charge in [0.15, 0.2) is 0 Å². The smallest absolute Gasteiger partial charge is 0.0738 e. The van der Waals surface area contributed by atoms with E-state index in [2.05, 4.69) is 40.1 Å². The normalized spacial score (nSPS) is 14.4. The Morgan fingerprint density at radius 2 is 1.95 bits per heavy atom. The maximum Gasteiger partial charge on any atom is 0.0738 e. The van der Waals surface area contributed by atoms with Crippen LogP contribution >= 0.6 is 15.9 Å². The van der Waals surface area contributed by atoms with Crippen LogP contribution in [-0.4, -0.2) is 9.78 Å². The van der Waals surface area contributed by atoms with Crippen LogP contribution in [0.2, 0.25) is 0 Å². The molecule has 1 atom stereocenters. The molecular formula is C15H20BrN3. The van der Waals surface area contributed by atoms with Gasteiger partial charge in [0.2, 0.25) is 0 Å². The third-order valence-electron chi connectivity index (χ3n) is 3.72. The van der Waals surface area contributed by atoms with E-state index < -0.39 is 0 Å². The van der Waals surface area contributed by atoms with Crippen LogP contribution in [0.4, 0.5) is 0 Å². The predicted octanol–water partition coefficient (Wildman–Crippen LogP) is 3.30. The summed E-state index contributed by atoms with van der Waals surface area (Å²) in [7, 11) is 1.97. The van der Waals surface area contributed by atoms with Crippen molar-refractivity contribution < 1.29 is 0 Å². The fourth-order valence-electron chi connectivity index (χ4n) is 2.37. The van der Waals surface area contributed by atoms with Crippen LogP contribution in [-0.2, 0) is 19.0 Å².